The molecular formula is C9H9BrN2. The van der Waals surface area contributed by atoms with Crippen LogP contribution in [0.15, 0.2) is 27.7 Å². The summed E-state index contributed by atoms with van der Waals surface area (Å²) in [5.74, 6) is 0. The molecule has 1 aromatic rings. The lowest BCUT2D eigenvalue weighted by Gasteiger charge is -2.05. The fourth-order valence-corrected chi connectivity index (χ4v) is 1.70. The number of benzene rings is 1. The van der Waals surface area contributed by atoms with Crippen LogP contribution < -0.4 is 16.3 Å². The quantitative estimate of drug-likeness (QED) is 0.687. The Bertz CT molecular complexity index is 423. The summed E-state index contributed by atoms with van der Waals surface area (Å²) < 4.78 is 1.06. The summed E-state index contributed by atoms with van der Waals surface area (Å²) in [5.41, 5.74) is 6.80. The highest BCUT2D eigenvalue weighted by Gasteiger charge is 2.00. The lowest BCUT2D eigenvalue weighted by atomic mass is 10.1. The van der Waals surface area contributed by atoms with Crippen molar-refractivity contribution in [3.63, 3.8) is 0 Å². The Labute approximate surface area is 78.9 Å². The fraction of sp³-hybridized carbons (Fsp3) is 0.222. The monoisotopic (exact) mass is 224 g/mol. The van der Waals surface area contributed by atoms with Crippen LogP contribution in [0.1, 0.15) is 6.42 Å². The maximum Gasteiger partial charge on any atom is 0.0664 e. The van der Waals surface area contributed by atoms with Gasteiger partial charge in [0.2, 0.25) is 0 Å². The summed E-state index contributed by atoms with van der Waals surface area (Å²) in [7, 11) is 0. The molecule has 12 heavy (non-hydrogen) atoms. The van der Waals surface area contributed by atoms with Gasteiger partial charge in [0, 0.05) is 28.4 Å². The summed E-state index contributed by atoms with van der Waals surface area (Å²) in [5, 5.41) is 2.09. The minimum Gasteiger partial charge on any atom is -0.401 e. The number of nitrogens with zero attached hydrogens (tertiary/aromatic N) is 1. The molecule has 1 aliphatic rings. The van der Waals surface area contributed by atoms with Crippen LogP contribution in [0.3, 0.4) is 0 Å². The van der Waals surface area contributed by atoms with E-state index in [1.54, 1.807) is 0 Å². The van der Waals surface area contributed by atoms with E-state index in [4.69, 9.17) is 5.73 Å². The molecule has 2 nitrogen and oxygen atoms in total. The second kappa shape index (κ2) is 2.90. The number of hydrogen-bond acceptors (Lipinski definition) is 2. The predicted octanol–water partition coefficient (Wildman–Crippen LogP) is 0.539. The minimum absolute atomic E-state index is 0.820. The van der Waals surface area contributed by atoms with Gasteiger partial charge in [-0.25, -0.2) is 0 Å². The van der Waals surface area contributed by atoms with Gasteiger partial charge in [0.05, 0.1) is 5.36 Å². The average molecular weight is 225 g/mol. The van der Waals surface area contributed by atoms with Gasteiger partial charge >= 0.3 is 0 Å². The van der Waals surface area contributed by atoms with E-state index < -0.39 is 0 Å². The maximum absolute atomic E-state index is 5.85. The summed E-state index contributed by atoms with van der Waals surface area (Å²) in [4.78, 5) is 4.36. The highest BCUT2D eigenvalue weighted by Crippen LogP contribution is 2.04. The third-order valence-electron chi connectivity index (χ3n) is 1.97. The first-order valence-electron chi connectivity index (χ1n) is 3.86. The number of rotatable bonds is 0. The van der Waals surface area contributed by atoms with Gasteiger partial charge in [0.15, 0.2) is 0 Å². The predicted molar refractivity (Wildman–Crippen MR) is 52.0 cm³/mol. The summed E-state index contributed by atoms with van der Waals surface area (Å²) >= 11 is 3.41. The van der Waals surface area contributed by atoms with Crippen molar-refractivity contribution in [3.8, 4) is 0 Å². The van der Waals surface area contributed by atoms with E-state index in [0.29, 0.717) is 0 Å². The summed E-state index contributed by atoms with van der Waals surface area (Å²) in [6.45, 7) is 0.820. The average Bonchev–Trinajstić information content (AvgIpc) is 2.07. The van der Waals surface area contributed by atoms with E-state index in [2.05, 4.69) is 20.9 Å². The molecule has 0 fully saturated rings. The van der Waals surface area contributed by atoms with Crippen LogP contribution in [0.4, 0.5) is 0 Å². The Morgan fingerprint density at radius 2 is 2.25 bits per heavy atom. The SMILES string of the molecule is NC1=c2cc(Br)ccc2=NCC1. The second-order valence-corrected chi connectivity index (χ2v) is 3.73. The zero-order valence-electron chi connectivity index (χ0n) is 6.55. The van der Waals surface area contributed by atoms with Crippen molar-refractivity contribution < 1.29 is 0 Å². The molecule has 0 aliphatic carbocycles. The molecule has 0 saturated heterocycles. The molecule has 3 heteroatoms. The van der Waals surface area contributed by atoms with Crippen molar-refractivity contribution in [1.29, 1.82) is 0 Å². The molecule has 0 bridgehead atoms. The molecule has 2 N–H and O–H groups in total. The van der Waals surface area contributed by atoms with Gasteiger partial charge in [-0.05, 0) is 18.2 Å². The van der Waals surface area contributed by atoms with Gasteiger partial charge < -0.3 is 5.73 Å². The molecule has 0 aromatic heterocycles. The Morgan fingerprint density at radius 1 is 1.42 bits per heavy atom. The molecule has 0 atom stereocenters. The molecule has 0 unspecified atom stereocenters. The molecule has 0 amide bonds. The lowest BCUT2D eigenvalue weighted by Crippen LogP contribution is -2.33. The van der Waals surface area contributed by atoms with Crippen LogP contribution in [0, 0.1) is 0 Å². The lowest BCUT2D eigenvalue weighted by molar-refractivity contribution is 0.925. The van der Waals surface area contributed by atoms with E-state index in [1.807, 2.05) is 18.2 Å². The summed E-state index contributed by atoms with van der Waals surface area (Å²) in [6.07, 6.45) is 0.878. The highest BCUT2D eigenvalue weighted by atomic mass is 79.9. The highest BCUT2D eigenvalue weighted by molar-refractivity contribution is 9.10. The Hall–Kier alpha value is -0.830. The second-order valence-electron chi connectivity index (χ2n) is 2.82. The van der Waals surface area contributed by atoms with Gasteiger partial charge in [-0.1, -0.05) is 15.9 Å². The molecule has 0 radical (unpaired) electrons. The van der Waals surface area contributed by atoms with Gasteiger partial charge in [-0.2, -0.15) is 0 Å². The van der Waals surface area contributed by atoms with Gasteiger partial charge in [0.1, 0.15) is 0 Å². The van der Waals surface area contributed by atoms with Crippen LogP contribution in [0.25, 0.3) is 5.70 Å². The van der Waals surface area contributed by atoms with Crippen molar-refractivity contribution in [1.82, 2.24) is 0 Å². The first-order valence-corrected chi connectivity index (χ1v) is 4.65. The molecule has 2 rings (SSSR count). The topological polar surface area (TPSA) is 38.4 Å². The van der Waals surface area contributed by atoms with Crippen LogP contribution in [0.2, 0.25) is 0 Å². The Kier molecular flexibility index (Phi) is 1.89. The molecule has 0 saturated carbocycles. The maximum atomic E-state index is 5.85. The van der Waals surface area contributed by atoms with Gasteiger partial charge in [0.25, 0.3) is 0 Å². The largest absolute Gasteiger partial charge is 0.401 e. The first-order chi connectivity index (χ1) is 5.77. The van der Waals surface area contributed by atoms with Crippen molar-refractivity contribution in [2.45, 2.75) is 6.42 Å². The zero-order valence-corrected chi connectivity index (χ0v) is 8.13. The van der Waals surface area contributed by atoms with Crippen LogP contribution in [0.5, 0.6) is 0 Å². The molecule has 0 spiro atoms. The van der Waals surface area contributed by atoms with Crippen LogP contribution in [-0.4, -0.2) is 6.54 Å². The zero-order chi connectivity index (χ0) is 8.55. The Balaban J connectivity index is 2.87. The molecule has 62 valence electrons. The molecule has 1 heterocycles. The van der Waals surface area contributed by atoms with Crippen molar-refractivity contribution in [3.05, 3.63) is 33.2 Å². The minimum atomic E-state index is 0.820. The van der Waals surface area contributed by atoms with Crippen LogP contribution >= 0.6 is 15.9 Å². The summed E-state index contributed by atoms with van der Waals surface area (Å²) in [6, 6.07) is 6.00. The van der Waals surface area contributed by atoms with Crippen molar-refractivity contribution >= 4 is 21.6 Å². The molecule has 1 aromatic carbocycles. The van der Waals surface area contributed by atoms with E-state index >= 15 is 0 Å². The molecule has 1 aliphatic heterocycles. The normalized spacial score (nSPS) is 15.2. The Morgan fingerprint density at radius 3 is 3.08 bits per heavy atom. The van der Waals surface area contributed by atoms with Gasteiger partial charge in [-0.3, -0.25) is 4.99 Å². The number of halogens is 1. The standard InChI is InChI=1S/C9H9BrN2/c10-6-1-2-9-7(5-6)8(11)3-4-12-9/h1-2,5H,3-4,11H2. The third-order valence-corrected chi connectivity index (χ3v) is 2.46. The molecular weight excluding hydrogens is 216 g/mol. The van der Waals surface area contributed by atoms with Gasteiger partial charge in [-0.15, -0.1) is 0 Å². The van der Waals surface area contributed by atoms with Crippen molar-refractivity contribution in [2.75, 3.05) is 6.54 Å². The smallest absolute Gasteiger partial charge is 0.0664 e. The van der Waals surface area contributed by atoms with E-state index in [0.717, 1.165) is 33.7 Å². The number of hydrogen-bond donors (Lipinski definition) is 1. The number of nitrogens with two attached hydrogens (primary N) is 1. The van der Waals surface area contributed by atoms with E-state index in [1.165, 1.54) is 0 Å². The van der Waals surface area contributed by atoms with E-state index in [9.17, 15) is 0 Å². The van der Waals surface area contributed by atoms with Crippen molar-refractivity contribution in [2.24, 2.45) is 10.7 Å². The number of fused-ring (bicyclic) bond motifs is 1. The van der Waals surface area contributed by atoms with Crippen LogP contribution in [-0.2, 0) is 0 Å². The third kappa shape index (κ3) is 1.25. The first kappa shape index (κ1) is 7.80. The fourth-order valence-electron chi connectivity index (χ4n) is 1.33. The van der Waals surface area contributed by atoms with E-state index in [-0.39, 0.29) is 0 Å².